The fourth-order valence-electron chi connectivity index (χ4n) is 3.40. The average Bonchev–Trinajstić information content (AvgIpc) is 2.72. The summed E-state index contributed by atoms with van der Waals surface area (Å²) in [6.45, 7) is 3.29. The standard InChI is InChI=1S/C22H25Cl2FN2O4/c1-14(28)26-21-5-2-15(25)10-22(21)30-13-16(29)12-27-8-6-17(7-9-27)31-18-3-4-19(23)20(24)11-18/h2-5,10-11,16-17,29H,6-9,12-13H2,1H3,(H,26,28)/t16-/m1/s1. The summed E-state index contributed by atoms with van der Waals surface area (Å²) in [6.07, 6.45) is 0.921. The van der Waals surface area contributed by atoms with Crippen molar-refractivity contribution in [3.05, 3.63) is 52.3 Å². The van der Waals surface area contributed by atoms with E-state index in [4.69, 9.17) is 32.7 Å². The van der Waals surface area contributed by atoms with Crippen LogP contribution in [0.5, 0.6) is 11.5 Å². The van der Waals surface area contributed by atoms with Crippen LogP contribution >= 0.6 is 23.2 Å². The first-order valence-electron chi connectivity index (χ1n) is 10.0. The van der Waals surface area contributed by atoms with Crippen molar-refractivity contribution in [3.8, 4) is 11.5 Å². The molecular formula is C22H25Cl2FN2O4. The normalized spacial score (nSPS) is 16.0. The van der Waals surface area contributed by atoms with Crippen molar-refractivity contribution in [2.45, 2.75) is 32.0 Å². The zero-order chi connectivity index (χ0) is 22.4. The molecule has 1 aliphatic heterocycles. The van der Waals surface area contributed by atoms with Crippen molar-refractivity contribution >= 4 is 34.8 Å². The van der Waals surface area contributed by atoms with Crippen LogP contribution in [0.1, 0.15) is 19.8 Å². The lowest BCUT2D eigenvalue weighted by Crippen LogP contribution is -2.43. The molecule has 3 rings (SSSR count). The molecule has 1 aliphatic rings. The summed E-state index contributed by atoms with van der Waals surface area (Å²) in [7, 11) is 0. The summed E-state index contributed by atoms with van der Waals surface area (Å²) < 4.78 is 25.1. The topological polar surface area (TPSA) is 71.0 Å². The van der Waals surface area contributed by atoms with Crippen LogP contribution in [-0.4, -0.2) is 54.4 Å². The first-order chi connectivity index (χ1) is 14.8. The van der Waals surface area contributed by atoms with Gasteiger partial charge in [0, 0.05) is 38.7 Å². The number of benzene rings is 2. The molecule has 0 spiro atoms. The first-order valence-corrected chi connectivity index (χ1v) is 10.8. The largest absolute Gasteiger partial charge is 0.490 e. The van der Waals surface area contributed by atoms with E-state index < -0.39 is 11.9 Å². The number of halogens is 3. The van der Waals surface area contributed by atoms with Crippen LogP contribution < -0.4 is 14.8 Å². The molecule has 1 atom stereocenters. The SMILES string of the molecule is CC(=O)Nc1ccc(F)cc1OC[C@H](O)CN1CCC(Oc2ccc(Cl)c(Cl)c2)CC1. The zero-order valence-electron chi connectivity index (χ0n) is 17.1. The number of β-amino-alcohol motifs (C(OH)–C–C–N with tert-alkyl or cyclic N) is 1. The van der Waals surface area contributed by atoms with Gasteiger partial charge in [-0.05, 0) is 37.1 Å². The fraction of sp³-hybridized carbons (Fsp3) is 0.409. The van der Waals surface area contributed by atoms with Crippen LogP contribution in [0.25, 0.3) is 0 Å². The number of carbonyl (C=O) groups excluding carboxylic acids is 1. The van der Waals surface area contributed by atoms with Gasteiger partial charge in [0.15, 0.2) is 0 Å². The van der Waals surface area contributed by atoms with Crippen LogP contribution in [0.3, 0.4) is 0 Å². The molecule has 6 nitrogen and oxygen atoms in total. The molecule has 0 aromatic heterocycles. The summed E-state index contributed by atoms with van der Waals surface area (Å²) in [4.78, 5) is 13.4. The molecule has 0 bridgehead atoms. The number of rotatable bonds is 8. The van der Waals surface area contributed by atoms with E-state index in [2.05, 4.69) is 10.2 Å². The maximum atomic E-state index is 13.5. The lowest BCUT2D eigenvalue weighted by atomic mass is 10.1. The fourth-order valence-corrected chi connectivity index (χ4v) is 3.69. The Balaban J connectivity index is 1.44. The van der Waals surface area contributed by atoms with Crippen LogP contribution in [0, 0.1) is 5.82 Å². The number of anilines is 1. The number of piperidine rings is 1. The number of hydrogen-bond acceptors (Lipinski definition) is 5. The third-order valence-corrected chi connectivity index (χ3v) is 5.62. The van der Waals surface area contributed by atoms with Gasteiger partial charge in [0.1, 0.15) is 36.1 Å². The lowest BCUT2D eigenvalue weighted by Gasteiger charge is -2.33. The van der Waals surface area contributed by atoms with E-state index >= 15 is 0 Å². The highest BCUT2D eigenvalue weighted by Crippen LogP contribution is 2.28. The monoisotopic (exact) mass is 470 g/mol. The Morgan fingerprint density at radius 2 is 1.97 bits per heavy atom. The minimum absolute atomic E-state index is 0.0181. The Morgan fingerprint density at radius 3 is 2.65 bits per heavy atom. The van der Waals surface area contributed by atoms with Gasteiger partial charge in [0.2, 0.25) is 5.91 Å². The third kappa shape index (κ3) is 7.25. The molecular weight excluding hydrogens is 446 g/mol. The number of aliphatic hydroxyl groups excluding tert-OH is 1. The molecule has 2 aromatic rings. The molecule has 31 heavy (non-hydrogen) atoms. The van der Waals surface area contributed by atoms with Gasteiger partial charge in [0.25, 0.3) is 0 Å². The van der Waals surface area contributed by atoms with Crippen molar-refractivity contribution in [2.24, 2.45) is 0 Å². The highest BCUT2D eigenvalue weighted by molar-refractivity contribution is 6.42. The van der Waals surface area contributed by atoms with E-state index in [9.17, 15) is 14.3 Å². The van der Waals surface area contributed by atoms with E-state index in [1.54, 1.807) is 18.2 Å². The molecule has 1 saturated heterocycles. The van der Waals surface area contributed by atoms with Gasteiger partial charge in [-0.3, -0.25) is 4.79 Å². The smallest absolute Gasteiger partial charge is 0.221 e. The lowest BCUT2D eigenvalue weighted by molar-refractivity contribution is -0.114. The van der Waals surface area contributed by atoms with Crippen LogP contribution in [0.15, 0.2) is 36.4 Å². The van der Waals surface area contributed by atoms with E-state index in [0.29, 0.717) is 28.0 Å². The van der Waals surface area contributed by atoms with E-state index in [1.807, 2.05) is 0 Å². The predicted molar refractivity (Wildman–Crippen MR) is 119 cm³/mol. The molecule has 9 heteroatoms. The van der Waals surface area contributed by atoms with Gasteiger partial charge in [-0.2, -0.15) is 0 Å². The quantitative estimate of drug-likeness (QED) is 0.599. The number of likely N-dealkylation sites (tertiary alicyclic amines) is 1. The van der Waals surface area contributed by atoms with E-state index in [0.717, 1.165) is 25.9 Å². The van der Waals surface area contributed by atoms with Crippen LogP contribution in [-0.2, 0) is 4.79 Å². The van der Waals surface area contributed by atoms with Gasteiger partial charge in [-0.1, -0.05) is 23.2 Å². The second-order valence-corrected chi connectivity index (χ2v) is 8.29. The van der Waals surface area contributed by atoms with Crippen molar-refractivity contribution < 1.29 is 23.8 Å². The highest BCUT2D eigenvalue weighted by atomic mass is 35.5. The Hall–Kier alpha value is -2.06. The van der Waals surface area contributed by atoms with Gasteiger partial charge < -0.3 is 24.8 Å². The number of ether oxygens (including phenoxy) is 2. The Bertz CT molecular complexity index is 907. The first kappa shape index (κ1) is 23.6. The molecule has 0 aliphatic carbocycles. The van der Waals surface area contributed by atoms with Crippen molar-refractivity contribution in [2.75, 3.05) is 31.6 Å². The second-order valence-electron chi connectivity index (χ2n) is 7.48. The zero-order valence-corrected chi connectivity index (χ0v) is 18.6. The number of amides is 1. The molecule has 0 radical (unpaired) electrons. The summed E-state index contributed by atoms with van der Waals surface area (Å²) in [5, 5.41) is 13.9. The number of aliphatic hydroxyl groups is 1. The predicted octanol–water partition coefficient (Wildman–Crippen LogP) is 4.37. The number of carbonyl (C=O) groups is 1. The molecule has 168 valence electrons. The van der Waals surface area contributed by atoms with Gasteiger partial charge >= 0.3 is 0 Å². The van der Waals surface area contributed by atoms with Crippen molar-refractivity contribution in [3.63, 3.8) is 0 Å². The van der Waals surface area contributed by atoms with E-state index in [1.165, 1.54) is 25.1 Å². The summed E-state index contributed by atoms with van der Waals surface area (Å²) >= 11 is 12.0. The van der Waals surface area contributed by atoms with Crippen LogP contribution in [0.4, 0.5) is 10.1 Å². The van der Waals surface area contributed by atoms with Gasteiger partial charge in [0.05, 0.1) is 15.7 Å². The Morgan fingerprint density at radius 1 is 1.23 bits per heavy atom. The molecule has 0 saturated carbocycles. The highest BCUT2D eigenvalue weighted by Gasteiger charge is 2.23. The van der Waals surface area contributed by atoms with Crippen LogP contribution in [0.2, 0.25) is 10.0 Å². The summed E-state index contributed by atoms with van der Waals surface area (Å²) in [5.74, 6) is 0.0972. The molecule has 0 unspecified atom stereocenters. The Kier molecular flexibility index (Phi) is 8.37. The molecule has 1 amide bonds. The van der Waals surface area contributed by atoms with Crippen molar-refractivity contribution in [1.82, 2.24) is 4.90 Å². The number of hydrogen-bond donors (Lipinski definition) is 2. The number of nitrogens with zero attached hydrogens (tertiary/aromatic N) is 1. The Labute approximate surface area is 190 Å². The van der Waals surface area contributed by atoms with Gasteiger partial charge in [-0.25, -0.2) is 4.39 Å². The minimum Gasteiger partial charge on any atom is -0.490 e. The maximum Gasteiger partial charge on any atom is 0.221 e. The van der Waals surface area contributed by atoms with Gasteiger partial charge in [-0.15, -0.1) is 0 Å². The number of nitrogens with one attached hydrogen (secondary N) is 1. The van der Waals surface area contributed by atoms with Crippen molar-refractivity contribution in [1.29, 1.82) is 0 Å². The summed E-state index contributed by atoms with van der Waals surface area (Å²) in [5.41, 5.74) is 0.362. The maximum absolute atomic E-state index is 13.5. The minimum atomic E-state index is -0.763. The summed E-state index contributed by atoms with van der Waals surface area (Å²) in [6, 6.07) is 9.06. The average molecular weight is 471 g/mol. The third-order valence-electron chi connectivity index (χ3n) is 4.88. The molecule has 2 N–H and O–H groups in total. The molecule has 1 fully saturated rings. The second kappa shape index (κ2) is 11.0. The van der Waals surface area contributed by atoms with E-state index in [-0.39, 0.29) is 24.4 Å². The molecule has 1 heterocycles. The molecule has 2 aromatic carbocycles.